The van der Waals surface area contributed by atoms with E-state index in [1.807, 2.05) is 0 Å². The summed E-state index contributed by atoms with van der Waals surface area (Å²) in [5, 5.41) is 0. The van der Waals surface area contributed by atoms with Gasteiger partial charge in [-0.3, -0.25) is 19.4 Å². The molecule has 2 aliphatic heterocycles. The number of carbonyl (C=O) groups excluding carboxylic acids is 3. The van der Waals surface area contributed by atoms with E-state index < -0.39 is 17.6 Å². The van der Waals surface area contributed by atoms with E-state index in [2.05, 4.69) is 4.98 Å². The standard InChI is InChI=1S/C18H21N3O4/c19-16(23)12-4-11(7-20-8-12)5-15(22)17(24)21-3-1-2-18(10-21)14-6-13(14)9-25-18/h4,7-8,13-14H,1-3,5-6,9-10H2,(H2,19,23)/t13-,14-,18?/m0/s1. The van der Waals surface area contributed by atoms with Crippen molar-refractivity contribution in [3.05, 3.63) is 29.6 Å². The van der Waals surface area contributed by atoms with Crippen LogP contribution in [0, 0.1) is 11.8 Å². The number of ether oxygens (including phenoxy) is 1. The number of carbonyl (C=O) groups is 3. The van der Waals surface area contributed by atoms with Crippen molar-refractivity contribution in [2.45, 2.75) is 31.3 Å². The van der Waals surface area contributed by atoms with Crippen LogP contribution < -0.4 is 5.73 Å². The minimum atomic E-state index is -0.608. The highest BCUT2D eigenvalue weighted by Gasteiger charge is 2.60. The molecule has 1 unspecified atom stereocenters. The summed E-state index contributed by atoms with van der Waals surface area (Å²) in [6, 6.07) is 1.51. The van der Waals surface area contributed by atoms with Gasteiger partial charge in [-0.05, 0) is 42.7 Å². The number of piperidine rings is 1. The molecule has 3 heterocycles. The molecule has 4 rings (SSSR count). The Morgan fingerprint density at radius 1 is 1.36 bits per heavy atom. The number of hydrogen-bond acceptors (Lipinski definition) is 5. The van der Waals surface area contributed by atoms with Crippen molar-refractivity contribution in [1.29, 1.82) is 0 Å². The van der Waals surface area contributed by atoms with Crippen LogP contribution in [0.2, 0.25) is 0 Å². The molecule has 3 aliphatic rings. The highest BCUT2D eigenvalue weighted by molar-refractivity contribution is 6.36. The number of Topliss-reactive ketones (excluding diaryl/α,β-unsaturated/α-hetero) is 1. The number of fused-ring (bicyclic) bond motifs is 2. The van der Waals surface area contributed by atoms with Gasteiger partial charge in [-0.15, -0.1) is 0 Å². The zero-order valence-electron chi connectivity index (χ0n) is 13.9. The van der Waals surface area contributed by atoms with Crippen LogP contribution in [0.15, 0.2) is 18.5 Å². The molecule has 0 aromatic carbocycles. The van der Waals surface area contributed by atoms with Gasteiger partial charge in [-0.2, -0.15) is 0 Å². The lowest BCUT2D eigenvalue weighted by atomic mass is 9.87. The fourth-order valence-corrected chi connectivity index (χ4v) is 4.26. The second-order valence-electron chi connectivity index (χ2n) is 7.35. The average molecular weight is 343 g/mol. The third-order valence-corrected chi connectivity index (χ3v) is 5.64. The second-order valence-corrected chi connectivity index (χ2v) is 7.35. The van der Waals surface area contributed by atoms with E-state index in [9.17, 15) is 14.4 Å². The molecule has 0 bridgehead atoms. The lowest BCUT2D eigenvalue weighted by Crippen LogP contribution is -2.53. The molecule has 3 fully saturated rings. The summed E-state index contributed by atoms with van der Waals surface area (Å²) < 4.78 is 6.00. The van der Waals surface area contributed by atoms with Gasteiger partial charge in [0.2, 0.25) is 11.7 Å². The van der Waals surface area contributed by atoms with Crippen LogP contribution in [-0.4, -0.2) is 52.8 Å². The lowest BCUT2D eigenvalue weighted by molar-refractivity contribution is -0.150. The number of ketones is 1. The zero-order valence-corrected chi connectivity index (χ0v) is 13.9. The molecule has 1 aromatic rings. The molecule has 1 saturated carbocycles. The average Bonchev–Trinajstić information content (AvgIpc) is 3.34. The van der Waals surface area contributed by atoms with Gasteiger partial charge in [0.05, 0.1) is 24.3 Å². The molecule has 2 saturated heterocycles. The van der Waals surface area contributed by atoms with Crippen LogP contribution >= 0.6 is 0 Å². The van der Waals surface area contributed by atoms with Gasteiger partial charge in [-0.25, -0.2) is 0 Å². The van der Waals surface area contributed by atoms with Crippen molar-refractivity contribution in [1.82, 2.24) is 9.88 Å². The van der Waals surface area contributed by atoms with E-state index in [-0.39, 0.29) is 17.6 Å². The Labute approximate surface area is 145 Å². The second kappa shape index (κ2) is 5.91. The van der Waals surface area contributed by atoms with E-state index in [1.54, 1.807) is 4.90 Å². The molecule has 7 heteroatoms. The Morgan fingerprint density at radius 3 is 2.88 bits per heavy atom. The molecule has 25 heavy (non-hydrogen) atoms. The molecule has 1 spiro atoms. The third-order valence-electron chi connectivity index (χ3n) is 5.64. The fourth-order valence-electron chi connectivity index (χ4n) is 4.26. The van der Waals surface area contributed by atoms with Crippen LogP contribution in [0.1, 0.15) is 35.2 Å². The van der Waals surface area contributed by atoms with E-state index in [0.29, 0.717) is 30.5 Å². The summed E-state index contributed by atoms with van der Waals surface area (Å²) in [6.07, 6.45) is 5.75. The van der Waals surface area contributed by atoms with Gasteiger partial charge in [0.15, 0.2) is 0 Å². The van der Waals surface area contributed by atoms with Crippen molar-refractivity contribution in [3.63, 3.8) is 0 Å². The topological polar surface area (TPSA) is 103 Å². The van der Waals surface area contributed by atoms with Crippen molar-refractivity contribution < 1.29 is 19.1 Å². The summed E-state index contributed by atoms with van der Waals surface area (Å²) in [5.74, 6) is -0.381. The monoisotopic (exact) mass is 343 g/mol. The number of primary amides is 1. The van der Waals surface area contributed by atoms with Crippen molar-refractivity contribution in [2.75, 3.05) is 19.7 Å². The molecular weight excluding hydrogens is 322 g/mol. The molecular formula is C18H21N3O4. The number of aromatic nitrogens is 1. The molecule has 1 aliphatic carbocycles. The highest BCUT2D eigenvalue weighted by atomic mass is 16.5. The Balaban J connectivity index is 1.42. The van der Waals surface area contributed by atoms with Gasteiger partial charge in [0.1, 0.15) is 0 Å². The quantitative estimate of drug-likeness (QED) is 0.793. The maximum Gasteiger partial charge on any atom is 0.290 e. The minimum Gasteiger partial charge on any atom is -0.373 e. The largest absolute Gasteiger partial charge is 0.373 e. The summed E-state index contributed by atoms with van der Waals surface area (Å²) >= 11 is 0. The molecule has 132 valence electrons. The first kappa shape index (κ1) is 16.2. The summed E-state index contributed by atoms with van der Waals surface area (Å²) in [5.41, 5.74) is 5.74. The maximum atomic E-state index is 12.6. The summed E-state index contributed by atoms with van der Waals surface area (Å²) in [4.78, 5) is 41.8. The Hall–Kier alpha value is -2.28. The first-order chi connectivity index (χ1) is 12.0. The molecule has 1 aromatic heterocycles. The number of rotatable bonds is 4. The fraction of sp³-hybridized carbons (Fsp3) is 0.556. The first-order valence-electron chi connectivity index (χ1n) is 8.68. The number of amides is 2. The number of nitrogens with two attached hydrogens (primary N) is 1. The summed E-state index contributed by atoms with van der Waals surface area (Å²) in [7, 11) is 0. The lowest BCUT2D eigenvalue weighted by Gasteiger charge is -2.40. The van der Waals surface area contributed by atoms with E-state index in [0.717, 1.165) is 19.4 Å². The predicted molar refractivity (Wildman–Crippen MR) is 87.6 cm³/mol. The van der Waals surface area contributed by atoms with Crippen LogP contribution in [0.25, 0.3) is 0 Å². The Kier molecular flexibility index (Phi) is 3.83. The third kappa shape index (κ3) is 2.93. The molecule has 2 amide bonds. The van der Waals surface area contributed by atoms with E-state index in [4.69, 9.17) is 10.5 Å². The van der Waals surface area contributed by atoms with Crippen LogP contribution in [0.5, 0.6) is 0 Å². The number of pyridine rings is 1. The number of likely N-dealkylation sites (tertiary alicyclic amines) is 1. The zero-order chi connectivity index (χ0) is 17.6. The maximum absolute atomic E-state index is 12.6. The van der Waals surface area contributed by atoms with Crippen molar-refractivity contribution in [2.24, 2.45) is 17.6 Å². The molecule has 7 nitrogen and oxygen atoms in total. The minimum absolute atomic E-state index is 0.0800. The van der Waals surface area contributed by atoms with Gasteiger partial charge >= 0.3 is 0 Å². The van der Waals surface area contributed by atoms with Crippen LogP contribution in [-0.2, 0) is 20.7 Å². The molecule has 3 atom stereocenters. The smallest absolute Gasteiger partial charge is 0.290 e. The van der Waals surface area contributed by atoms with Crippen molar-refractivity contribution in [3.8, 4) is 0 Å². The molecule has 0 radical (unpaired) electrons. The normalized spacial score (nSPS) is 30.2. The number of hydrogen-bond donors (Lipinski definition) is 1. The highest BCUT2D eigenvalue weighted by Crippen LogP contribution is 2.56. The van der Waals surface area contributed by atoms with Gasteiger partial charge < -0.3 is 15.4 Å². The Bertz CT molecular complexity index is 750. The van der Waals surface area contributed by atoms with Crippen molar-refractivity contribution >= 4 is 17.6 Å². The first-order valence-corrected chi connectivity index (χ1v) is 8.68. The van der Waals surface area contributed by atoms with Crippen LogP contribution in [0.4, 0.5) is 0 Å². The molecule has 2 N–H and O–H groups in total. The van der Waals surface area contributed by atoms with Gasteiger partial charge in [0.25, 0.3) is 5.91 Å². The predicted octanol–water partition coefficient (Wildman–Crippen LogP) is 0.320. The van der Waals surface area contributed by atoms with E-state index >= 15 is 0 Å². The summed E-state index contributed by atoms with van der Waals surface area (Å²) in [6.45, 7) is 1.89. The van der Waals surface area contributed by atoms with Gasteiger partial charge in [0, 0.05) is 25.4 Å². The Morgan fingerprint density at radius 2 is 2.20 bits per heavy atom. The van der Waals surface area contributed by atoms with E-state index in [1.165, 1.54) is 24.9 Å². The SMILES string of the molecule is NC(=O)c1cncc(CC(=O)C(=O)N2CCCC3(C2)OC[C@@H]2C[C@@H]23)c1. The number of nitrogens with zero attached hydrogens (tertiary/aromatic N) is 2. The van der Waals surface area contributed by atoms with Gasteiger partial charge in [-0.1, -0.05) is 0 Å². The van der Waals surface area contributed by atoms with Crippen LogP contribution in [0.3, 0.4) is 0 Å².